The van der Waals surface area contributed by atoms with Crippen LogP contribution in [0.5, 0.6) is 0 Å². The van der Waals surface area contributed by atoms with Gasteiger partial charge in [-0.15, -0.1) is 0 Å². The molecule has 0 aromatic heterocycles. The van der Waals surface area contributed by atoms with Gasteiger partial charge in [0.15, 0.2) is 0 Å². The minimum atomic E-state index is 0.694. The summed E-state index contributed by atoms with van der Waals surface area (Å²) in [6.45, 7) is 3.11. The van der Waals surface area contributed by atoms with E-state index in [0.717, 1.165) is 26.1 Å². The van der Waals surface area contributed by atoms with Gasteiger partial charge < -0.3 is 10.2 Å². The Labute approximate surface area is 103 Å². The van der Waals surface area contributed by atoms with E-state index in [1.807, 2.05) is 0 Å². The van der Waals surface area contributed by atoms with Crippen LogP contribution < -0.4 is 10.2 Å². The number of para-hydroxylation sites is 1. The first-order valence-electron chi connectivity index (χ1n) is 6.39. The van der Waals surface area contributed by atoms with Crippen LogP contribution in [0.2, 0.25) is 0 Å². The summed E-state index contributed by atoms with van der Waals surface area (Å²) in [5.74, 6) is 1.90. The summed E-state index contributed by atoms with van der Waals surface area (Å²) in [7, 11) is 2.19. The molecule has 0 spiro atoms. The van der Waals surface area contributed by atoms with E-state index < -0.39 is 0 Å². The van der Waals surface area contributed by atoms with E-state index >= 15 is 0 Å². The van der Waals surface area contributed by atoms with Gasteiger partial charge in [-0.05, 0) is 24.0 Å². The number of anilines is 1. The van der Waals surface area contributed by atoms with Gasteiger partial charge in [-0.3, -0.25) is 4.99 Å². The van der Waals surface area contributed by atoms with Crippen molar-refractivity contribution in [1.29, 1.82) is 0 Å². The lowest BCUT2D eigenvalue weighted by molar-refractivity contribution is 0.518. The number of nitrogens with zero attached hydrogens (tertiary/aromatic N) is 2. The highest BCUT2D eigenvalue weighted by molar-refractivity contribution is 5.84. The second-order valence-corrected chi connectivity index (χ2v) is 5.04. The molecule has 17 heavy (non-hydrogen) atoms. The van der Waals surface area contributed by atoms with Crippen LogP contribution in [0.3, 0.4) is 0 Å². The third kappa shape index (κ3) is 2.14. The molecular weight excluding hydrogens is 210 g/mol. The highest BCUT2D eigenvalue weighted by Gasteiger charge is 2.23. The Morgan fingerprint density at radius 1 is 1.41 bits per heavy atom. The number of hydrogen-bond donors (Lipinski definition) is 1. The summed E-state index contributed by atoms with van der Waals surface area (Å²) < 4.78 is 0. The highest BCUT2D eigenvalue weighted by atomic mass is 15.1. The van der Waals surface area contributed by atoms with Crippen molar-refractivity contribution in [3.8, 4) is 0 Å². The topological polar surface area (TPSA) is 27.6 Å². The molecule has 0 amide bonds. The molecule has 0 aliphatic carbocycles. The molecule has 0 bridgehead atoms. The van der Waals surface area contributed by atoms with E-state index in [1.54, 1.807) is 0 Å². The van der Waals surface area contributed by atoms with Gasteiger partial charge in [-0.1, -0.05) is 18.2 Å². The summed E-state index contributed by atoms with van der Waals surface area (Å²) in [5.41, 5.74) is 2.87. The van der Waals surface area contributed by atoms with Crippen LogP contribution in [-0.2, 0) is 6.42 Å². The van der Waals surface area contributed by atoms with Crippen LogP contribution in [-0.4, -0.2) is 32.5 Å². The van der Waals surface area contributed by atoms with Gasteiger partial charge in [0.1, 0.15) is 0 Å². The number of aliphatic imine (C=N–C) groups is 1. The minimum Gasteiger partial charge on any atom is -0.374 e. The van der Waals surface area contributed by atoms with Crippen molar-refractivity contribution < 1.29 is 0 Å². The maximum absolute atomic E-state index is 4.50. The van der Waals surface area contributed by atoms with Crippen LogP contribution in [0.15, 0.2) is 29.3 Å². The molecule has 3 nitrogen and oxygen atoms in total. The number of fused-ring (bicyclic) bond motifs is 1. The lowest BCUT2D eigenvalue weighted by Crippen LogP contribution is -2.35. The highest BCUT2D eigenvalue weighted by Crippen LogP contribution is 2.29. The van der Waals surface area contributed by atoms with Crippen molar-refractivity contribution in [3.05, 3.63) is 29.8 Å². The summed E-state index contributed by atoms with van der Waals surface area (Å²) in [4.78, 5) is 6.87. The maximum atomic E-state index is 4.50. The van der Waals surface area contributed by atoms with Crippen molar-refractivity contribution in [1.82, 2.24) is 5.32 Å². The molecule has 1 N–H and O–H groups in total. The largest absolute Gasteiger partial charge is 0.374 e. The van der Waals surface area contributed by atoms with E-state index in [1.165, 1.54) is 23.5 Å². The van der Waals surface area contributed by atoms with E-state index in [2.05, 4.69) is 46.5 Å². The predicted molar refractivity (Wildman–Crippen MR) is 71.8 cm³/mol. The second kappa shape index (κ2) is 4.40. The van der Waals surface area contributed by atoms with Crippen LogP contribution in [0.4, 0.5) is 5.69 Å². The Morgan fingerprint density at radius 3 is 3.12 bits per heavy atom. The van der Waals surface area contributed by atoms with Gasteiger partial charge in [-0.2, -0.15) is 0 Å². The van der Waals surface area contributed by atoms with Crippen molar-refractivity contribution in [2.24, 2.45) is 10.9 Å². The fourth-order valence-corrected chi connectivity index (χ4v) is 2.91. The number of rotatable bonds is 2. The first-order chi connectivity index (χ1) is 8.33. The third-order valence-corrected chi connectivity index (χ3v) is 3.67. The van der Waals surface area contributed by atoms with Crippen LogP contribution in [0, 0.1) is 5.92 Å². The summed E-state index contributed by atoms with van der Waals surface area (Å²) in [5, 5.41) is 3.37. The van der Waals surface area contributed by atoms with Gasteiger partial charge in [0.2, 0.25) is 0 Å². The Kier molecular flexibility index (Phi) is 2.75. The molecule has 0 fully saturated rings. The van der Waals surface area contributed by atoms with Gasteiger partial charge in [0.05, 0.1) is 12.4 Å². The SMILES string of the molecule is CN1CC(CC2=NCCN2)Cc2ccccc21. The zero-order valence-corrected chi connectivity index (χ0v) is 10.3. The van der Waals surface area contributed by atoms with Crippen molar-refractivity contribution >= 4 is 11.5 Å². The fourth-order valence-electron chi connectivity index (χ4n) is 2.91. The molecule has 2 aliphatic heterocycles. The van der Waals surface area contributed by atoms with E-state index in [9.17, 15) is 0 Å². The quantitative estimate of drug-likeness (QED) is 0.835. The van der Waals surface area contributed by atoms with Gasteiger partial charge >= 0.3 is 0 Å². The molecule has 2 heterocycles. The molecule has 1 unspecified atom stereocenters. The zero-order valence-electron chi connectivity index (χ0n) is 10.3. The summed E-state index contributed by atoms with van der Waals surface area (Å²) in [6, 6.07) is 8.73. The second-order valence-electron chi connectivity index (χ2n) is 5.04. The average Bonchev–Trinajstić information content (AvgIpc) is 2.82. The molecule has 1 atom stereocenters. The molecule has 0 saturated heterocycles. The molecular formula is C14H19N3. The number of benzene rings is 1. The standard InChI is InChI=1S/C14H19N3/c1-17-10-11(9-14-15-6-7-16-14)8-12-4-2-3-5-13(12)17/h2-5,11H,6-10H2,1H3,(H,15,16). The van der Waals surface area contributed by atoms with Gasteiger partial charge in [0, 0.05) is 32.2 Å². The van der Waals surface area contributed by atoms with Crippen LogP contribution in [0.25, 0.3) is 0 Å². The molecule has 0 saturated carbocycles. The normalized spacial score (nSPS) is 23.0. The molecule has 2 aliphatic rings. The molecule has 3 heteroatoms. The summed E-state index contributed by atoms with van der Waals surface area (Å²) >= 11 is 0. The molecule has 0 radical (unpaired) electrons. The minimum absolute atomic E-state index is 0.694. The first kappa shape index (κ1) is 10.6. The van der Waals surface area contributed by atoms with E-state index in [4.69, 9.17) is 0 Å². The van der Waals surface area contributed by atoms with E-state index in [-0.39, 0.29) is 0 Å². The predicted octanol–water partition coefficient (Wildman–Crippen LogP) is 1.69. The lowest BCUT2D eigenvalue weighted by atomic mass is 9.90. The van der Waals surface area contributed by atoms with Gasteiger partial charge in [0.25, 0.3) is 0 Å². The Morgan fingerprint density at radius 2 is 2.29 bits per heavy atom. The third-order valence-electron chi connectivity index (χ3n) is 3.67. The molecule has 90 valence electrons. The van der Waals surface area contributed by atoms with E-state index in [0.29, 0.717) is 5.92 Å². The smallest absolute Gasteiger partial charge is 0.0968 e. The number of hydrogen-bond acceptors (Lipinski definition) is 3. The lowest BCUT2D eigenvalue weighted by Gasteiger charge is -2.33. The van der Waals surface area contributed by atoms with Crippen molar-refractivity contribution in [2.45, 2.75) is 12.8 Å². The first-order valence-corrected chi connectivity index (χ1v) is 6.39. The molecule has 3 rings (SSSR count). The fraction of sp³-hybridized carbons (Fsp3) is 0.500. The van der Waals surface area contributed by atoms with Crippen LogP contribution in [0.1, 0.15) is 12.0 Å². The Bertz CT molecular complexity index is 439. The number of nitrogens with one attached hydrogen (secondary N) is 1. The van der Waals surface area contributed by atoms with Crippen molar-refractivity contribution in [3.63, 3.8) is 0 Å². The Balaban J connectivity index is 1.74. The maximum Gasteiger partial charge on any atom is 0.0968 e. The molecule has 1 aromatic carbocycles. The van der Waals surface area contributed by atoms with Gasteiger partial charge in [-0.25, -0.2) is 0 Å². The Hall–Kier alpha value is -1.51. The number of amidine groups is 1. The monoisotopic (exact) mass is 229 g/mol. The summed E-state index contributed by atoms with van der Waals surface area (Å²) in [6.07, 6.45) is 2.28. The van der Waals surface area contributed by atoms with Crippen molar-refractivity contribution in [2.75, 3.05) is 31.6 Å². The average molecular weight is 229 g/mol. The van der Waals surface area contributed by atoms with Crippen LogP contribution >= 0.6 is 0 Å². The zero-order chi connectivity index (χ0) is 11.7. The molecule has 1 aromatic rings.